The van der Waals surface area contributed by atoms with E-state index in [1.54, 1.807) is 24.3 Å². The highest BCUT2D eigenvalue weighted by molar-refractivity contribution is 5.91. The molecule has 1 saturated heterocycles. The molecule has 3 nitrogen and oxygen atoms in total. The summed E-state index contributed by atoms with van der Waals surface area (Å²) in [5.41, 5.74) is 0.825. The van der Waals surface area contributed by atoms with Crippen LogP contribution in [0.2, 0.25) is 0 Å². The van der Waals surface area contributed by atoms with Gasteiger partial charge in [0.2, 0.25) is 5.91 Å². The Morgan fingerprint density at radius 1 is 1.26 bits per heavy atom. The molecule has 2 rings (SSSR count). The molecule has 1 aromatic carbocycles. The number of halogens is 1. The lowest BCUT2D eigenvalue weighted by Crippen LogP contribution is -2.55. The molecule has 1 aromatic rings. The molecular formula is C15H19FN2O. The SMILES string of the molecule is CC1CN(C(=O)/C=C/c2ccc(F)cc2)CC(C)N1. The highest BCUT2D eigenvalue weighted by atomic mass is 19.1. The van der Waals surface area contributed by atoms with Crippen molar-refractivity contribution in [3.63, 3.8) is 0 Å². The van der Waals surface area contributed by atoms with Gasteiger partial charge in [-0.15, -0.1) is 0 Å². The fraction of sp³-hybridized carbons (Fsp3) is 0.400. The van der Waals surface area contributed by atoms with Gasteiger partial charge in [0.05, 0.1) is 0 Å². The maximum absolute atomic E-state index is 12.8. The molecule has 4 heteroatoms. The fourth-order valence-corrected chi connectivity index (χ4v) is 2.35. The smallest absolute Gasteiger partial charge is 0.246 e. The zero-order valence-electron chi connectivity index (χ0n) is 11.3. The quantitative estimate of drug-likeness (QED) is 0.827. The van der Waals surface area contributed by atoms with E-state index in [2.05, 4.69) is 19.2 Å². The number of carbonyl (C=O) groups excluding carboxylic acids is 1. The van der Waals surface area contributed by atoms with Gasteiger partial charge in [0.25, 0.3) is 0 Å². The van der Waals surface area contributed by atoms with E-state index < -0.39 is 0 Å². The number of nitrogens with one attached hydrogen (secondary N) is 1. The molecule has 0 spiro atoms. The highest BCUT2D eigenvalue weighted by Crippen LogP contribution is 2.08. The molecule has 1 N–H and O–H groups in total. The van der Waals surface area contributed by atoms with Crippen LogP contribution in [0.1, 0.15) is 19.4 Å². The molecule has 102 valence electrons. The zero-order valence-corrected chi connectivity index (χ0v) is 11.3. The third-order valence-electron chi connectivity index (χ3n) is 3.16. The predicted octanol–water partition coefficient (Wildman–Crippen LogP) is 2.05. The minimum atomic E-state index is -0.270. The second kappa shape index (κ2) is 5.97. The summed E-state index contributed by atoms with van der Waals surface area (Å²) in [5.74, 6) is -0.266. The van der Waals surface area contributed by atoms with E-state index >= 15 is 0 Å². The first-order chi connectivity index (χ1) is 9.04. The average Bonchev–Trinajstić information content (AvgIpc) is 2.36. The molecule has 1 aliphatic rings. The van der Waals surface area contributed by atoms with Crippen molar-refractivity contribution in [1.29, 1.82) is 0 Å². The molecular weight excluding hydrogens is 243 g/mol. The Hall–Kier alpha value is -1.68. The highest BCUT2D eigenvalue weighted by Gasteiger charge is 2.23. The van der Waals surface area contributed by atoms with Crippen LogP contribution in [0, 0.1) is 5.82 Å². The standard InChI is InChI=1S/C15H19FN2O/c1-11-9-18(10-12(2)17-11)15(19)8-5-13-3-6-14(16)7-4-13/h3-8,11-12,17H,9-10H2,1-2H3/b8-5+. The van der Waals surface area contributed by atoms with Gasteiger partial charge in [-0.3, -0.25) is 4.79 Å². The maximum Gasteiger partial charge on any atom is 0.246 e. The van der Waals surface area contributed by atoms with E-state index in [0.29, 0.717) is 12.1 Å². The van der Waals surface area contributed by atoms with Crippen LogP contribution in [0.3, 0.4) is 0 Å². The Labute approximate surface area is 113 Å². The summed E-state index contributed by atoms with van der Waals surface area (Å²) in [4.78, 5) is 13.9. The van der Waals surface area contributed by atoms with Gasteiger partial charge in [-0.25, -0.2) is 4.39 Å². The van der Waals surface area contributed by atoms with Crippen LogP contribution in [0.25, 0.3) is 6.08 Å². The minimum absolute atomic E-state index is 0.00419. The van der Waals surface area contributed by atoms with Crippen molar-refractivity contribution in [2.75, 3.05) is 13.1 Å². The van der Waals surface area contributed by atoms with Crippen LogP contribution < -0.4 is 5.32 Å². The molecule has 0 saturated carbocycles. The van der Waals surface area contributed by atoms with Gasteiger partial charge in [-0.2, -0.15) is 0 Å². The van der Waals surface area contributed by atoms with E-state index in [1.807, 2.05) is 4.90 Å². The summed E-state index contributed by atoms with van der Waals surface area (Å²) < 4.78 is 12.8. The number of nitrogens with zero attached hydrogens (tertiary/aromatic N) is 1. The van der Waals surface area contributed by atoms with Crippen LogP contribution >= 0.6 is 0 Å². The molecule has 2 unspecified atom stereocenters. The molecule has 0 aromatic heterocycles. The Morgan fingerprint density at radius 2 is 1.84 bits per heavy atom. The summed E-state index contributed by atoms with van der Waals surface area (Å²) in [6.45, 7) is 5.58. The second-order valence-electron chi connectivity index (χ2n) is 5.10. The van der Waals surface area contributed by atoms with Gasteiger partial charge in [-0.1, -0.05) is 12.1 Å². The monoisotopic (exact) mass is 262 g/mol. The van der Waals surface area contributed by atoms with E-state index in [1.165, 1.54) is 12.1 Å². The first kappa shape index (κ1) is 13.7. The number of amides is 1. The number of carbonyl (C=O) groups is 1. The maximum atomic E-state index is 12.8. The third-order valence-corrected chi connectivity index (χ3v) is 3.16. The van der Waals surface area contributed by atoms with Crippen molar-refractivity contribution in [2.24, 2.45) is 0 Å². The molecule has 1 heterocycles. The lowest BCUT2D eigenvalue weighted by Gasteiger charge is -2.35. The van der Waals surface area contributed by atoms with Gasteiger partial charge in [0.1, 0.15) is 5.82 Å². The van der Waals surface area contributed by atoms with Crippen LogP contribution in [0.4, 0.5) is 4.39 Å². The largest absolute Gasteiger partial charge is 0.336 e. The van der Waals surface area contributed by atoms with Gasteiger partial charge in [-0.05, 0) is 37.6 Å². The van der Waals surface area contributed by atoms with Gasteiger partial charge >= 0.3 is 0 Å². The Bertz CT molecular complexity index is 460. The van der Waals surface area contributed by atoms with Gasteiger partial charge in [0, 0.05) is 31.2 Å². The van der Waals surface area contributed by atoms with Crippen molar-refractivity contribution < 1.29 is 9.18 Å². The van der Waals surface area contributed by atoms with Gasteiger partial charge < -0.3 is 10.2 Å². The van der Waals surface area contributed by atoms with Crippen LogP contribution in [0.15, 0.2) is 30.3 Å². The molecule has 2 atom stereocenters. The Morgan fingerprint density at radius 3 is 2.42 bits per heavy atom. The Balaban J connectivity index is 1.98. The van der Waals surface area contributed by atoms with E-state index in [-0.39, 0.29) is 11.7 Å². The first-order valence-electron chi connectivity index (χ1n) is 6.53. The van der Waals surface area contributed by atoms with Crippen molar-refractivity contribution in [3.05, 3.63) is 41.7 Å². The number of piperazine rings is 1. The van der Waals surface area contributed by atoms with E-state index in [9.17, 15) is 9.18 Å². The zero-order chi connectivity index (χ0) is 13.8. The molecule has 0 radical (unpaired) electrons. The summed E-state index contributed by atoms with van der Waals surface area (Å²) in [6, 6.07) is 6.71. The average molecular weight is 262 g/mol. The third kappa shape index (κ3) is 3.89. The molecule has 0 bridgehead atoms. The summed E-state index contributed by atoms with van der Waals surface area (Å²) in [6.07, 6.45) is 3.27. The summed E-state index contributed by atoms with van der Waals surface area (Å²) >= 11 is 0. The van der Waals surface area contributed by atoms with Crippen molar-refractivity contribution in [3.8, 4) is 0 Å². The second-order valence-corrected chi connectivity index (χ2v) is 5.10. The van der Waals surface area contributed by atoms with Gasteiger partial charge in [0.15, 0.2) is 0 Å². The fourth-order valence-electron chi connectivity index (χ4n) is 2.35. The summed E-state index contributed by atoms with van der Waals surface area (Å²) in [5, 5.41) is 3.38. The lowest BCUT2D eigenvalue weighted by molar-refractivity contribution is -0.127. The van der Waals surface area contributed by atoms with Crippen LogP contribution in [0.5, 0.6) is 0 Å². The molecule has 1 aliphatic heterocycles. The van der Waals surface area contributed by atoms with Crippen LogP contribution in [-0.2, 0) is 4.79 Å². The molecule has 1 fully saturated rings. The first-order valence-corrected chi connectivity index (χ1v) is 6.53. The lowest BCUT2D eigenvalue weighted by atomic mass is 10.1. The number of hydrogen-bond donors (Lipinski definition) is 1. The summed E-state index contributed by atoms with van der Waals surface area (Å²) in [7, 11) is 0. The van der Waals surface area contributed by atoms with Crippen molar-refractivity contribution >= 4 is 12.0 Å². The normalized spacial score (nSPS) is 23.8. The predicted molar refractivity (Wildman–Crippen MR) is 74.1 cm³/mol. The minimum Gasteiger partial charge on any atom is -0.336 e. The van der Waals surface area contributed by atoms with Crippen molar-refractivity contribution in [2.45, 2.75) is 25.9 Å². The topological polar surface area (TPSA) is 32.3 Å². The number of benzene rings is 1. The van der Waals surface area contributed by atoms with Crippen LogP contribution in [-0.4, -0.2) is 36.0 Å². The van der Waals surface area contributed by atoms with E-state index in [0.717, 1.165) is 18.7 Å². The van der Waals surface area contributed by atoms with Crippen molar-refractivity contribution in [1.82, 2.24) is 10.2 Å². The Kier molecular flexibility index (Phi) is 4.32. The number of rotatable bonds is 2. The molecule has 19 heavy (non-hydrogen) atoms. The molecule has 0 aliphatic carbocycles. The molecule has 1 amide bonds. The van der Waals surface area contributed by atoms with E-state index in [4.69, 9.17) is 0 Å². The number of hydrogen-bond acceptors (Lipinski definition) is 2.